The van der Waals surface area contributed by atoms with E-state index in [1.807, 2.05) is 37.5 Å². The number of hydrogen-bond acceptors (Lipinski definition) is 4. The van der Waals surface area contributed by atoms with Crippen LogP contribution >= 0.6 is 0 Å². The van der Waals surface area contributed by atoms with E-state index in [1.54, 1.807) is 16.9 Å². The van der Waals surface area contributed by atoms with Gasteiger partial charge in [-0.05, 0) is 37.7 Å². The van der Waals surface area contributed by atoms with Crippen LogP contribution < -0.4 is 5.32 Å². The molecule has 1 amide bonds. The van der Waals surface area contributed by atoms with E-state index in [0.717, 1.165) is 18.7 Å². The van der Waals surface area contributed by atoms with Gasteiger partial charge in [-0.1, -0.05) is 6.07 Å². The number of nitrogens with zero attached hydrogens (tertiary/aromatic N) is 3. The Balaban J connectivity index is 1.69. The van der Waals surface area contributed by atoms with Crippen LogP contribution in [0.1, 0.15) is 16.8 Å². The number of benzene rings is 1. The fourth-order valence-corrected chi connectivity index (χ4v) is 2.88. The van der Waals surface area contributed by atoms with Gasteiger partial charge in [0.2, 0.25) is 0 Å². The van der Waals surface area contributed by atoms with Crippen molar-refractivity contribution < 1.29 is 9.90 Å². The first kappa shape index (κ1) is 14.7. The van der Waals surface area contributed by atoms with Crippen LogP contribution in [0.2, 0.25) is 0 Å². The van der Waals surface area contributed by atoms with E-state index in [4.69, 9.17) is 0 Å². The Labute approximate surface area is 129 Å². The highest BCUT2D eigenvalue weighted by atomic mass is 16.3. The summed E-state index contributed by atoms with van der Waals surface area (Å²) < 4.78 is 1.72. The third-order valence-corrected chi connectivity index (χ3v) is 4.11. The van der Waals surface area contributed by atoms with E-state index in [9.17, 15) is 9.90 Å². The van der Waals surface area contributed by atoms with Crippen LogP contribution in [0.3, 0.4) is 0 Å². The molecule has 3 rings (SSSR count). The molecule has 0 unspecified atom stereocenters. The van der Waals surface area contributed by atoms with Crippen molar-refractivity contribution in [3.63, 3.8) is 0 Å². The average molecular weight is 300 g/mol. The number of rotatable bonds is 4. The number of carbonyl (C=O) groups is 1. The largest absolute Gasteiger partial charge is 0.395 e. The summed E-state index contributed by atoms with van der Waals surface area (Å²) in [7, 11) is 1.96. The van der Waals surface area contributed by atoms with Gasteiger partial charge in [-0.3, -0.25) is 9.69 Å². The van der Waals surface area contributed by atoms with E-state index in [0.29, 0.717) is 5.56 Å². The van der Waals surface area contributed by atoms with Crippen LogP contribution in [-0.2, 0) is 0 Å². The maximum atomic E-state index is 12.4. The molecular weight excluding hydrogens is 280 g/mol. The van der Waals surface area contributed by atoms with E-state index < -0.39 is 0 Å². The van der Waals surface area contributed by atoms with Crippen molar-refractivity contribution in [3.8, 4) is 5.69 Å². The lowest BCUT2D eigenvalue weighted by Crippen LogP contribution is -2.36. The first-order chi connectivity index (χ1) is 10.7. The smallest absolute Gasteiger partial charge is 0.251 e. The molecule has 1 saturated heterocycles. The number of nitrogens with one attached hydrogen (secondary N) is 1. The topological polar surface area (TPSA) is 70.4 Å². The third-order valence-electron chi connectivity index (χ3n) is 4.11. The molecule has 2 heterocycles. The van der Waals surface area contributed by atoms with Crippen LogP contribution in [-0.4, -0.2) is 58.0 Å². The predicted molar refractivity (Wildman–Crippen MR) is 82.9 cm³/mol. The minimum Gasteiger partial charge on any atom is -0.395 e. The Kier molecular flexibility index (Phi) is 4.22. The van der Waals surface area contributed by atoms with Gasteiger partial charge in [0.05, 0.1) is 12.3 Å². The first-order valence-corrected chi connectivity index (χ1v) is 7.39. The molecule has 0 saturated carbocycles. The highest BCUT2D eigenvalue weighted by Crippen LogP contribution is 2.16. The molecule has 0 spiro atoms. The van der Waals surface area contributed by atoms with E-state index in [1.165, 1.54) is 0 Å². The summed E-state index contributed by atoms with van der Waals surface area (Å²) in [6, 6.07) is 9.42. The molecule has 1 fully saturated rings. The van der Waals surface area contributed by atoms with E-state index in [-0.39, 0.29) is 24.6 Å². The molecule has 116 valence electrons. The zero-order valence-corrected chi connectivity index (χ0v) is 12.5. The monoisotopic (exact) mass is 300 g/mol. The summed E-state index contributed by atoms with van der Waals surface area (Å²) >= 11 is 0. The average Bonchev–Trinajstić information content (AvgIpc) is 3.17. The van der Waals surface area contributed by atoms with Crippen LogP contribution in [0.5, 0.6) is 0 Å². The van der Waals surface area contributed by atoms with Crippen molar-refractivity contribution in [2.24, 2.45) is 0 Å². The Morgan fingerprint density at radius 1 is 1.45 bits per heavy atom. The summed E-state index contributed by atoms with van der Waals surface area (Å²) in [5.41, 5.74) is 1.47. The molecule has 2 aromatic rings. The van der Waals surface area contributed by atoms with Gasteiger partial charge in [-0.2, -0.15) is 5.10 Å². The number of likely N-dealkylation sites (N-methyl/N-ethyl adjacent to an activating group) is 1. The van der Waals surface area contributed by atoms with Gasteiger partial charge in [0.25, 0.3) is 5.91 Å². The summed E-state index contributed by atoms with van der Waals surface area (Å²) in [6.45, 7) is 0.882. The number of aliphatic hydroxyl groups is 1. The van der Waals surface area contributed by atoms with Crippen LogP contribution in [0.25, 0.3) is 5.69 Å². The predicted octanol–water partition coefficient (Wildman–Crippen LogP) is 0.667. The number of carbonyl (C=O) groups excluding carboxylic acids is 1. The molecule has 22 heavy (non-hydrogen) atoms. The third kappa shape index (κ3) is 3.03. The normalized spacial score (nSPS) is 21.9. The molecule has 6 nitrogen and oxygen atoms in total. The molecule has 1 aromatic heterocycles. The first-order valence-electron chi connectivity index (χ1n) is 7.39. The SMILES string of the molecule is CN1C[C@H](NC(=O)c2cccc(-n3cccn3)c2)C[C@H]1CO. The lowest BCUT2D eigenvalue weighted by molar-refractivity contribution is 0.0938. The van der Waals surface area contributed by atoms with Crippen molar-refractivity contribution >= 4 is 5.91 Å². The molecule has 0 aliphatic carbocycles. The van der Waals surface area contributed by atoms with Crippen molar-refractivity contribution in [2.75, 3.05) is 20.2 Å². The van der Waals surface area contributed by atoms with Crippen LogP contribution in [0.4, 0.5) is 0 Å². The molecule has 0 radical (unpaired) electrons. The zero-order valence-electron chi connectivity index (χ0n) is 12.5. The standard InChI is InChI=1S/C16H20N4O2/c1-19-10-13(9-15(19)11-21)18-16(22)12-4-2-5-14(8-12)20-7-3-6-17-20/h2-8,13,15,21H,9-11H2,1H3,(H,18,22)/t13-,15+/m1/s1. The van der Waals surface area contributed by atoms with Crippen molar-refractivity contribution in [1.29, 1.82) is 0 Å². The Morgan fingerprint density at radius 3 is 3.00 bits per heavy atom. The Morgan fingerprint density at radius 2 is 2.32 bits per heavy atom. The van der Waals surface area contributed by atoms with Crippen molar-refractivity contribution in [2.45, 2.75) is 18.5 Å². The molecule has 0 bridgehead atoms. The number of hydrogen-bond donors (Lipinski definition) is 2. The fourth-order valence-electron chi connectivity index (χ4n) is 2.88. The lowest BCUT2D eigenvalue weighted by atomic mass is 10.1. The molecule has 2 atom stereocenters. The highest BCUT2D eigenvalue weighted by Gasteiger charge is 2.29. The highest BCUT2D eigenvalue weighted by molar-refractivity contribution is 5.94. The second kappa shape index (κ2) is 6.29. The zero-order chi connectivity index (χ0) is 15.5. The molecule has 1 aliphatic heterocycles. The fraction of sp³-hybridized carbons (Fsp3) is 0.375. The maximum Gasteiger partial charge on any atom is 0.251 e. The second-order valence-electron chi connectivity index (χ2n) is 5.68. The van der Waals surface area contributed by atoms with Gasteiger partial charge >= 0.3 is 0 Å². The Bertz CT molecular complexity index is 641. The van der Waals surface area contributed by atoms with Crippen LogP contribution in [0, 0.1) is 0 Å². The second-order valence-corrected chi connectivity index (χ2v) is 5.68. The summed E-state index contributed by atoms with van der Waals surface area (Å²) in [5, 5.41) is 16.5. The quantitative estimate of drug-likeness (QED) is 0.870. The Hall–Kier alpha value is -2.18. The van der Waals surface area contributed by atoms with E-state index >= 15 is 0 Å². The minimum absolute atomic E-state index is 0.0722. The van der Waals surface area contributed by atoms with E-state index in [2.05, 4.69) is 15.3 Å². The maximum absolute atomic E-state index is 12.4. The van der Waals surface area contributed by atoms with Gasteiger partial charge < -0.3 is 10.4 Å². The van der Waals surface area contributed by atoms with Gasteiger partial charge in [-0.15, -0.1) is 0 Å². The number of likely N-dealkylation sites (tertiary alicyclic amines) is 1. The molecule has 1 aromatic carbocycles. The van der Waals surface area contributed by atoms with Gasteiger partial charge in [0, 0.05) is 36.6 Å². The van der Waals surface area contributed by atoms with Gasteiger partial charge in [0.15, 0.2) is 0 Å². The van der Waals surface area contributed by atoms with Crippen molar-refractivity contribution in [1.82, 2.24) is 20.0 Å². The summed E-state index contributed by atoms with van der Waals surface area (Å²) in [4.78, 5) is 14.5. The molecule has 2 N–H and O–H groups in total. The molecule has 6 heteroatoms. The number of aromatic nitrogens is 2. The summed E-state index contributed by atoms with van der Waals surface area (Å²) in [6.07, 6.45) is 4.32. The van der Waals surface area contributed by atoms with Crippen molar-refractivity contribution in [3.05, 3.63) is 48.3 Å². The summed E-state index contributed by atoms with van der Waals surface area (Å²) in [5.74, 6) is -0.0917. The number of amides is 1. The minimum atomic E-state index is -0.0917. The molecule has 1 aliphatic rings. The molecular formula is C16H20N4O2. The van der Waals surface area contributed by atoms with Crippen LogP contribution in [0.15, 0.2) is 42.7 Å². The lowest BCUT2D eigenvalue weighted by Gasteiger charge is -2.15. The number of aliphatic hydroxyl groups excluding tert-OH is 1. The van der Waals surface area contributed by atoms with Gasteiger partial charge in [0.1, 0.15) is 0 Å². The van der Waals surface area contributed by atoms with Gasteiger partial charge in [-0.25, -0.2) is 4.68 Å².